The number of aliphatic hydroxyl groups excluding tert-OH is 1. The van der Waals surface area contributed by atoms with Crippen LogP contribution in [0.4, 0.5) is 0 Å². The fourth-order valence-electron chi connectivity index (χ4n) is 0.356. The maximum atomic E-state index is 8.59. The van der Waals surface area contributed by atoms with Crippen molar-refractivity contribution in [3.05, 3.63) is 0 Å². The van der Waals surface area contributed by atoms with Gasteiger partial charge in [-0.05, 0) is 11.6 Å². The Balaban J connectivity index is 0.000000810. The number of halogens is 2. The van der Waals surface area contributed by atoms with E-state index >= 15 is 0 Å². The van der Waals surface area contributed by atoms with Crippen LogP contribution in [0.1, 0.15) is 0 Å². The number of aliphatic imine (C=N–C) groups is 2. The molecule has 0 bridgehead atoms. The van der Waals surface area contributed by atoms with E-state index in [4.69, 9.17) is 28.5 Å². The Kier molecular flexibility index (Phi) is 4.64. The summed E-state index contributed by atoms with van der Waals surface area (Å²) in [4.78, 5) is 6.80. The van der Waals surface area contributed by atoms with Gasteiger partial charge in [0.1, 0.15) is 6.67 Å². The molecule has 0 aromatic carbocycles. The second-order valence-electron chi connectivity index (χ2n) is 1.34. The molecule has 0 saturated heterocycles. The van der Waals surface area contributed by atoms with Crippen molar-refractivity contribution in [1.29, 1.82) is 0 Å². The third-order valence-electron chi connectivity index (χ3n) is 0.729. The molecule has 10 heavy (non-hydrogen) atoms. The molecule has 0 amide bonds. The molecule has 52 valence electrons. The molecule has 1 rings (SSSR count). The van der Waals surface area contributed by atoms with Gasteiger partial charge in [-0.1, -0.05) is 0 Å². The van der Waals surface area contributed by atoms with E-state index in [2.05, 4.69) is 9.98 Å². The van der Waals surface area contributed by atoms with Crippen LogP contribution in [-0.4, -0.2) is 57.1 Å². The minimum atomic E-state index is -0.336. The summed E-state index contributed by atoms with van der Waals surface area (Å²) in [5.41, 5.74) is 0. The number of amidine groups is 2. The fourth-order valence-corrected chi connectivity index (χ4v) is 0.576. The van der Waals surface area contributed by atoms with Crippen LogP contribution in [0.5, 0.6) is 0 Å². The Morgan fingerprint density at radius 1 is 1.60 bits per heavy atom. The molecule has 1 aliphatic heterocycles. The van der Waals surface area contributed by atoms with Crippen molar-refractivity contribution in [2.24, 2.45) is 9.98 Å². The van der Waals surface area contributed by atoms with E-state index in [0.29, 0.717) is 0 Å². The van der Waals surface area contributed by atoms with Gasteiger partial charge in [0.2, 0.25) is 5.29 Å². The van der Waals surface area contributed by atoms with Gasteiger partial charge in [0.15, 0.2) is 0 Å². The molecular weight excluding hydrogens is 188 g/mol. The topological polar surface area (TPSA) is 48.2 Å². The molecule has 0 unspecified atom stereocenters. The zero-order valence-electron chi connectivity index (χ0n) is 4.25. The summed E-state index contributed by atoms with van der Waals surface area (Å²) < 4.78 is 1.08. The van der Waals surface area contributed by atoms with E-state index < -0.39 is 0 Å². The summed E-state index contributed by atoms with van der Waals surface area (Å²) >= 11 is 10.7. The second kappa shape index (κ2) is 4.41. The molecule has 0 saturated carbocycles. The quantitative estimate of drug-likeness (QED) is 0.340. The summed E-state index contributed by atoms with van der Waals surface area (Å²) in [6, 6.07) is -0.336. The Labute approximate surface area is 89.9 Å². The summed E-state index contributed by atoms with van der Waals surface area (Å²) in [5, 5.41) is 8.62. The zero-order valence-corrected chi connectivity index (χ0v) is 5.76. The molecule has 7 heteroatoms. The van der Waals surface area contributed by atoms with Crippen LogP contribution in [0.3, 0.4) is 0 Å². The van der Waals surface area contributed by atoms with Gasteiger partial charge in [-0.15, -0.1) is 0 Å². The molecule has 1 N–H and O–H groups in total. The first-order valence-corrected chi connectivity index (χ1v) is 2.82. The van der Waals surface area contributed by atoms with Crippen molar-refractivity contribution in [3.63, 3.8) is 0 Å². The average Bonchev–Trinajstić information content (AvgIpc) is 1.80. The first-order chi connectivity index (χ1) is 4.20. The Morgan fingerprint density at radius 3 is 2.60 bits per heavy atom. The summed E-state index contributed by atoms with van der Waals surface area (Å²) in [7, 11) is 0. The Hall–Kier alpha value is 0.520. The molecule has 0 aromatic rings. The Morgan fingerprint density at radius 2 is 2.20 bits per heavy atom. The van der Waals surface area contributed by atoms with Crippen LogP contribution in [0.2, 0.25) is 0 Å². The SMILES string of the molecule is OC1=NCN(Cl)C(Cl)=N1.[NaH]. The molecule has 0 radical (unpaired) electrons. The van der Waals surface area contributed by atoms with Crippen LogP contribution in [0.25, 0.3) is 0 Å². The van der Waals surface area contributed by atoms with Crippen LogP contribution < -0.4 is 0 Å². The van der Waals surface area contributed by atoms with Crippen molar-refractivity contribution in [2.75, 3.05) is 6.67 Å². The number of rotatable bonds is 0. The summed E-state index contributed by atoms with van der Waals surface area (Å²) in [5.74, 6) is 0. The van der Waals surface area contributed by atoms with Crippen LogP contribution in [-0.2, 0) is 0 Å². The molecule has 1 heterocycles. The van der Waals surface area contributed by atoms with Gasteiger partial charge in [0.05, 0.1) is 0 Å². The van der Waals surface area contributed by atoms with E-state index in [9.17, 15) is 0 Å². The molecule has 0 aromatic heterocycles. The first-order valence-electron chi connectivity index (χ1n) is 2.11. The van der Waals surface area contributed by atoms with Crippen LogP contribution in [0.15, 0.2) is 9.98 Å². The summed E-state index contributed by atoms with van der Waals surface area (Å²) in [6.45, 7) is 0.135. The molecule has 1 aliphatic rings. The molecule has 0 atom stereocenters. The summed E-state index contributed by atoms with van der Waals surface area (Å²) in [6.07, 6.45) is 0. The minimum absolute atomic E-state index is 0. The molecule has 0 fully saturated rings. The molecule has 4 nitrogen and oxygen atoms in total. The third kappa shape index (κ3) is 2.64. The van der Waals surface area contributed by atoms with Crippen molar-refractivity contribution in [3.8, 4) is 0 Å². The normalized spacial score (nSPS) is 17.2. The number of nitrogens with zero attached hydrogens (tertiary/aromatic N) is 3. The van der Waals surface area contributed by atoms with Gasteiger partial charge >= 0.3 is 35.6 Å². The van der Waals surface area contributed by atoms with Crippen molar-refractivity contribution in [1.82, 2.24) is 4.42 Å². The molecule has 0 spiro atoms. The number of aliphatic hydroxyl groups is 1. The number of hydrogen-bond donors (Lipinski definition) is 1. The van der Waals surface area contributed by atoms with E-state index in [1.54, 1.807) is 0 Å². The maximum absolute atomic E-state index is 8.59. The van der Waals surface area contributed by atoms with Gasteiger partial charge in [0.25, 0.3) is 0 Å². The van der Waals surface area contributed by atoms with Gasteiger partial charge in [-0.3, -0.25) is 0 Å². The van der Waals surface area contributed by atoms with E-state index in [0.717, 1.165) is 4.42 Å². The van der Waals surface area contributed by atoms with Gasteiger partial charge < -0.3 is 5.11 Å². The van der Waals surface area contributed by atoms with E-state index in [1.165, 1.54) is 0 Å². The second-order valence-corrected chi connectivity index (χ2v) is 2.09. The molecular formula is C3H4Cl2N3NaO. The molecule has 0 aliphatic carbocycles. The van der Waals surface area contributed by atoms with Gasteiger partial charge in [-0.25, -0.2) is 9.41 Å². The predicted octanol–water partition coefficient (Wildman–Crippen LogP) is 0.274. The monoisotopic (exact) mass is 191 g/mol. The van der Waals surface area contributed by atoms with Gasteiger partial charge in [-0.2, -0.15) is 4.99 Å². The standard InChI is InChI=1S/C3H3Cl2N3O.Na.H/c4-2-7-3(9)6-1-8(2)5;;/h1H2,(H,6,9);;. The van der Waals surface area contributed by atoms with E-state index in [1.807, 2.05) is 0 Å². The number of hydrogen-bond acceptors (Lipinski definition) is 3. The van der Waals surface area contributed by atoms with E-state index in [-0.39, 0.29) is 47.5 Å². The Bertz CT molecular complexity index is 183. The van der Waals surface area contributed by atoms with Crippen molar-refractivity contribution in [2.45, 2.75) is 0 Å². The van der Waals surface area contributed by atoms with Crippen LogP contribution in [0, 0.1) is 0 Å². The predicted molar refractivity (Wildman–Crippen MR) is 43.1 cm³/mol. The van der Waals surface area contributed by atoms with Crippen LogP contribution >= 0.6 is 23.4 Å². The third-order valence-corrected chi connectivity index (χ3v) is 1.37. The zero-order chi connectivity index (χ0) is 6.85. The van der Waals surface area contributed by atoms with Crippen molar-refractivity contribution >= 4 is 64.3 Å². The van der Waals surface area contributed by atoms with Crippen molar-refractivity contribution < 1.29 is 5.11 Å². The average molecular weight is 192 g/mol. The fraction of sp³-hybridized carbons (Fsp3) is 0.333. The first kappa shape index (κ1) is 10.5. The van der Waals surface area contributed by atoms with Gasteiger partial charge in [0, 0.05) is 11.8 Å².